The molecule has 1 aromatic heterocycles. The number of hydrogen-bond acceptors (Lipinski definition) is 5. The van der Waals surface area contributed by atoms with Gasteiger partial charge >= 0.3 is 0 Å². The van der Waals surface area contributed by atoms with E-state index in [1.807, 2.05) is 13.8 Å². The summed E-state index contributed by atoms with van der Waals surface area (Å²) in [4.78, 5) is 5.00. The second-order valence-electron chi connectivity index (χ2n) is 3.34. The first-order chi connectivity index (χ1) is 7.53. The molecule has 0 saturated heterocycles. The highest BCUT2D eigenvalue weighted by atomic mass is 32.2. The number of nitrogens with zero attached hydrogens (tertiary/aromatic N) is 1. The van der Waals surface area contributed by atoms with Crippen molar-refractivity contribution in [3.05, 3.63) is 16.1 Å². The number of aryl methyl sites for hydroxylation is 1. The normalized spacial score (nSPS) is 11.9. The number of rotatable bonds is 7. The Morgan fingerprint density at radius 3 is 2.81 bits per heavy atom. The molecular weight excluding hydrogens is 246 g/mol. The third-order valence-electron chi connectivity index (χ3n) is 1.93. The van der Waals surface area contributed by atoms with Crippen molar-refractivity contribution in [3.63, 3.8) is 0 Å². The molecule has 0 aliphatic heterocycles. The summed E-state index contributed by atoms with van der Waals surface area (Å²) in [5.41, 5.74) is 0. The fourth-order valence-electron chi connectivity index (χ4n) is 1.12. The third-order valence-corrected chi connectivity index (χ3v) is 4.17. The van der Waals surface area contributed by atoms with Gasteiger partial charge in [-0.3, -0.25) is 0 Å². The average Bonchev–Trinajstić information content (AvgIpc) is 2.62. The van der Waals surface area contributed by atoms with Gasteiger partial charge in [0, 0.05) is 24.2 Å². The molecule has 0 saturated carbocycles. The molecule has 0 fully saturated rings. The van der Waals surface area contributed by atoms with Crippen molar-refractivity contribution in [2.75, 3.05) is 18.8 Å². The van der Waals surface area contributed by atoms with Crippen LogP contribution in [0.5, 0.6) is 0 Å². The van der Waals surface area contributed by atoms with Crippen LogP contribution in [0.3, 0.4) is 0 Å². The number of sulfonamides is 1. The van der Waals surface area contributed by atoms with Gasteiger partial charge < -0.3 is 5.32 Å². The Morgan fingerprint density at radius 1 is 1.50 bits per heavy atom. The summed E-state index contributed by atoms with van der Waals surface area (Å²) in [5.74, 6) is 0.110. The smallest absolute Gasteiger partial charge is 0.213 e. The number of hydrogen-bond donors (Lipinski definition) is 2. The molecule has 0 bridgehead atoms. The first-order valence-electron chi connectivity index (χ1n) is 5.13. The zero-order valence-electron chi connectivity index (χ0n) is 9.49. The monoisotopic (exact) mass is 263 g/mol. The first-order valence-corrected chi connectivity index (χ1v) is 7.59. The van der Waals surface area contributed by atoms with E-state index in [4.69, 9.17) is 0 Å². The van der Waals surface area contributed by atoms with Crippen molar-refractivity contribution in [2.24, 2.45) is 0 Å². The summed E-state index contributed by atoms with van der Waals surface area (Å²) in [6.45, 7) is 5.44. The van der Waals surface area contributed by atoms with Crippen LogP contribution in [0.4, 0.5) is 0 Å². The van der Waals surface area contributed by atoms with Crippen LogP contribution >= 0.6 is 11.3 Å². The van der Waals surface area contributed by atoms with Crippen molar-refractivity contribution < 1.29 is 8.42 Å². The molecule has 0 aliphatic rings. The largest absolute Gasteiger partial charge is 0.316 e. The van der Waals surface area contributed by atoms with Crippen LogP contribution in [0.1, 0.15) is 16.8 Å². The van der Waals surface area contributed by atoms with Crippen molar-refractivity contribution in [1.82, 2.24) is 15.0 Å². The highest BCUT2D eigenvalue weighted by Crippen LogP contribution is 2.10. The van der Waals surface area contributed by atoms with Crippen LogP contribution in [-0.4, -0.2) is 32.2 Å². The van der Waals surface area contributed by atoms with Crippen molar-refractivity contribution >= 4 is 21.4 Å². The molecular formula is C9H17N3O2S2. The van der Waals surface area contributed by atoms with E-state index in [1.54, 1.807) is 6.20 Å². The standard InChI is InChI=1S/C9H17N3O2S2/c1-3-10-4-5-16(13,14)12-7-9-6-11-8(2)15-9/h6,10,12H,3-5,7H2,1-2H3. The van der Waals surface area contributed by atoms with Crippen LogP contribution < -0.4 is 10.0 Å². The number of aromatic nitrogens is 1. The summed E-state index contributed by atoms with van der Waals surface area (Å²) in [5, 5.41) is 3.92. The fraction of sp³-hybridized carbons (Fsp3) is 0.667. The van der Waals surface area contributed by atoms with E-state index >= 15 is 0 Å². The van der Waals surface area contributed by atoms with Gasteiger partial charge in [-0.15, -0.1) is 11.3 Å². The van der Waals surface area contributed by atoms with Crippen LogP contribution in [0, 0.1) is 6.92 Å². The summed E-state index contributed by atoms with van der Waals surface area (Å²) in [6, 6.07) is 0. The second-order valence-corrected chi connectivity index (χ2v) is 6.58. The summed E-state index contributed by atoms with van der Waals surface area (Å²) >= 11 is 1.50. The van der Waals surface area contributed by atoms with Crippen molar-refractivity contribution in [2.45, 2.75) is 20.4 Å². The maximum atomic E-state index is 11.5. The molecule has 1 heterocycles. The van der Waals surface area contributed by atoms with Crippen molar-refractivity contribution in [1.29, 1.82) is 0 Å². The highest BCUT2D eigenvalue weighted by Gasteiger charge is 2.09. The second kappa shape index (κ2) is 6.29. The molecule has 0 radical (unpaired) electrons. The molecule has 1 aromatic rings. The van der Waals surface area contributed by atoms with E-state index in [2.05, 4.69) is 15.0 Å². The van der Waals surface area contributed by atoms with E-state index < -0.39 is 10.0 Å². The van der Waals surface area contributed by atoms with Crippen LogP contribution in [0.2, 0.25) is 0 Å². The minimum atomic E-state index is -3.18. The average molecular weight is 263 g/mol. The molecule has 0 unspecified atom stereocenters. The van der Waals surface area contributed by atoms with E-state index in [9.17, 15) is 8.42 Å². The number of nitrogens with one attached hydrogen (secondary N) is 2. The maximum absolute atomic E-state index is 11.5. The van der Waals surface area contributed by atoms with Gasteiger partial charge in [0.1, 0.15) is 0 Å². The summed E-state index contributed by atoms with van der Waals surface area (Å²) in [6.07, 6.45) is 1.70. The lowest BCUT2D eigenvalue weighted by Crippen LogP contribution is -2.31. The van der Waals surface area contributed by atoms with E-state index in [-0.39, 0.29) is 5.75 Å². The molecule has 16 heavy (non-hydrogen) atoms. The van der Waals surface area contributed by atoms with Crippen LogP contribution in [0.15, 0.2) is 6.20 Å². The SMILES string of the molecule is CCNCCS(=O)(=O)NCc1cnc(C)s1. The third kappa shape index (κ3) is 5.02. The van der Waals surface area contributed by atoms with Crippen molar-refractivity contribution in [3.8, 4) is 0 Å². The Morgan fingerprint density at radius 2 is 2.25 bits per heavy atom. The number of thiazole rings is 1. The van der Waals surface area contributed by atoms with Gasteiger partial charge in [-0.05, 0) is 13.5 Å². The minimum absolute atomic E-state index is 0.110. The quantitative estimate of drug-likeness (QED) is 0.702. The Hall–Kier alpha value is -0.500. The molecule has 7 heteroatoms. The van der Waals surface area contributed by atoms with E-state index in [0.717, 1.165) is 16.4 Å². The molecule has 1 rings (SSSR count). The van der Waals surface area contributed by atoms with Crippen LogP contribution in [-0.2, 0) is 16.6 Å². The predicted octanol–water partition coefficient (Wildman–Crippen LogP) is 0.480. The minimum Gasteiger partial charge on any atom is -0.316 e. The van der Waals surface area contributed by atoms with Crippen LogP contribution in [0.25, 0.3) is 0 Å². The molecule has 0 amide bonds. The topological polar surface area (TPSA) is 71.1 Å². The molecule has 92 valence electrons. The Balaban J connectivity index is 2.36. The molecule has 0 spiro atoms. The lowest BCUT2D eigenvalue weighted by Gasteiger charge is -2.05. The van der Waals surface area contributed by atoms with Gasteiger partial charge in [0.15, 0.2) is 0 Å². The Bertz CT molecular complexity index is 414. The predicted molar refractivity (Wildman–Crippen MR) is 66.0 cm³/mol. The summed E-state index contributed by atoms with van der Waals surface area (Å²) in [7, 11) is -3.18. The zero-order valence-corrected chi connectivity index (χ0v) is 11.1. The van der Waals surface area contributed by atoms with Gasteiger partial charge in [0.25, 0.3) is 0 Å². The maximum Gasteiger partial charge on any atom is 0.213 e. The summed E-state index contributed by atoms with van der Waals surface area (Å²) < 4.78 is 25.6. The zero-order chi connectivity index (χ0) is 12.0. The molecule has 5 nitrogen and oxygen atoms in total. The lowest BCUT2D eigenvalue weighted by atomic mass is 10.6. The van der Waals surface area contributed by atoms with E-state index in [1.165, 1.54) is 11.3 Å². The fourth-order valence-corrected chi connectivity index (χ4v) is 2.88. The van der Waals surface area contributed by atoms with Gasteiger partial charge in [-0.25, -0.2) is 18.1 Å². The highest BCUT2D eigenvalue weighted by molar-refractivity contribution is 7.89. The Kier molecular flexibility index (Phi) is 5.33. The lowest BCUT2D eigenvalue weighted by molar-refractivity contribution is 0.578. The van der Waals surface area contributed by atoms with Gasteiger partial charge in [0.2, 0.25) is 10.0 Å². The molecule has 2 N–H and O–H groups in total. The molecule has 0 aliphatic carbocycles. The molecule has 0 aromatic carbocycles. The first kappa shape index (κ1) is 13.6. The van der Waals surface area contributed by atoms with Gasteiger partial charge in [0.05, 0.1) is 10.8 Å². The van der Waals surface area contributed by atoms with Gasteiger partial charge in [-0.2, -0.15) is 0 Å². The molecule has 0 atom stereocenters. The van der Waals surface area contributed by atoms with E-state index in [0.29, 0.717) is 13.1 Å². The van der Waals surface area contributed by atoms with Gasteiger partial charge in [-0.1, -0.05) is 6.92 Å². The Labute approximate surface area is 100 Å².